The number of esters is 2. The number of phosphoric acid groups is 1. The van der Waals surface area contributed by atoms with Crippen LogP contribution in [0, 0.1) is 0 Å². The van der Waals surface area contributed by atoms with Gasteiger partial charge in [0.25, 0.3) is 0 Å². The van der Waals surface area contributed by atoms with Crippen molar-refractivity contribution in [1.82, 2.24) is 0 Å². The Labute approximate surface area is 206 Å². The lowest BCUT2D eigenvalue weighted by atomic mass is 10.1. The molecule has 0 heterocycles. The van der Waals surface area contributed by atoms with Crippen molar-refractivity contribution in [2.45, 2.75) is 116 Å². The van der Waals surface area contributed by atoms with Crippen LogP contribution in [-0.2, 0) is 32.7 Å². The zero-order valence-corrected chi connectivity index (χ0v) is 22.2. The van der Waals surface area contributed by atoms with E-state index < -0.39 is 32.5 Å². The fourth-order valence-corrected chi connectivity index (χ4v) is 4.04. The molecule has 0 aliphatic carbocycles. The minimum absolute atomic E-state index is 0.0563. The van der Waals surface area contributed by atoms with Gasteiger partial charge in [0.15, 0.2) is 6.10 Å². The molecule has 0 fully saturated rings. The van der Waals surface area contributed by atoms with E-state index >= 15 is 0 Å². The Balaban J connectivity index is 4.42. The van der Waals surface area contributed by atoms with Crippen LogP contribution in [0.25, 0.3) is 0 Å². The van der Waals surface area contributed by atoms with E-state index in [4.69, 9.17) is 19.7 Å². The summed E-state index contributed by atoms with van der Waals surface area (Å²) < 4.78 is 32.1. The average molecular weight is 510 g/mol. The molecule has 34 heavy (non-hydrogen) atoms. The largest absolute Gasteiger partial charge is 0.472 e. The van der Waals surface area contributed by atoms with Gasteiger partial charge in [-0.15, -0.1) is 0 Å². The molecule has 0 spiro atoms. The maximum atomic E-state index is 12.2. The standard InChI is InChI=1S/C24H48NO8P/c1-3-5-7-9-11-13-14-16-23(26)30-20-22(21-32-34(28,29)31-19-18-25)33-24(27)17-15-12-10-8-6-4-2/h22H,3-21,25H2,1-2H3,(H,28,29). The molecule has 0 rings (SSSR count). The summed E-state index contributed by atoms with van der Waals surface area (Å²) in [6, 6.07) is 0. The Morgan fingerprint density at radius 1 is 0.765 bits per heavy atom. The zero-order valence-electron chi connectivity index (χ0n) is 21.3. The number of hydrogen-bond donors (Lipinski definition) is 2. The number of hydrogen-bond acceptors (Lipinski definition) is 8. The second-order valence-corrected chi connectivity index (χ2v) is 10.0. The minimum Gasteiger partial charge on any atom is -0.462 e. The highest BCUT2D eigenvalue weighted by atomic mass is 31.2. The van der Waals surface area contributed by atoms with Gasteiger partial charge >= 0.3 is 19.8 Å². The summed E-state index contributed by atoms with van der Waals surface area (Å²) in [6.07, 6.45) is 13.3. The molecule has 0 aliphatic rings. The van der Waals surface area contributed by atoms with Gasteiger partial charge in [-0.2, -0.15) is 0 Å². The summed E-state index contributed by atoms with van der Waals surface area (Å²) in [5, 5.41) is 0. The minimum atomic E-state index is -4.34. The van der Waals surface area contributed by atoms with E-state index in [0.29, 0.717) is 6.42 Å². The van der Waals surface area contributed by atoms with Crippen LogP contribution in [0.1, 0.15) is 110 Å². The van der Waals surface area contributed by atoms with E-state index in [0.717, 1.165) is 44.9 Å². The van der Waals surface area contributed by atoms with Gasteiger partial charge in [0.2, 0.25) is 0 Å². The summed E-state index contributed by atoms with van der Waals surface area (Å²) in [4.78, 5) is 33.9. The number of carbonyl (C=O) groups excluding carboxylic acids is 2. The molecule has 2 atom stereocenters. The van der Waals surface area contributed by atoms with Gasteiger partial charge in [-0.25, -0.2) is 4.57 Å². The van der Waals surface area contributed by atoms with Gasteiger partial charge in [-0.1, -0.05) is 84.5 Å². The molecule has 0 aliphatic heterocycles. The van der Waals surface area contributed by atoms with Gasteiger partial charge < -0.3 is 20.1 Å². The predicted octanol–water partition coefficient (Wildman–Crippen LogP) is 5.43. The zero-order chi connectivity index (χ0) is 25.5. The normalized spacial score (nSPS) is 13.9. The highest BCUT2D eigenvalue weighted by Crippen LogP contribution is 2.43. The first kappa shape index (κ1) is 33.0. The lowest BCUT2D eigenvalue weighted by molar-refractivity contribution is -0.161. The molecule has 0 saturated carbocycles. The van der Waals surface area contributed by atoms with E-state index in [9.17, 15) is 19.0 Å². The molecule has 2 unspecified atom stereocenters. The van der Waals surface area contributed by atoms with Gasteiger partial charge in [0.1, 0.15) is 6.61 Å². The highest BCUT2D eigenvalue weighted by Gasteiger charge is 2.25. The third kappa shape index (κ3) is 21.5. The Kier molecular flexibility index (Phi) is 21.8. The van der Waals surface area contributed by atoms with Crippen molar-refractivity contribution in [3.63, 3.8) is 0 Å². The third-order valence-electron chi connectivity index (χ3n) is 5.24. The predicted molar refractivity (Wildman–Crippen MR) is 132 cm³/mol. The second-order valence-electron chi connectivity index (χ2n) is 8.57. The number of nitrogens with two attached hydrogens (primary N) is 1. The SMILES string of the molecule is CCCCCCCCCC(=O)OCC(COP(=O)(O)OCCN)OC(=O)CCCCCCCC. The van der Waals surface area contributed by atoms with Crippen LogP contribution in [0.3, 0.4) is 0 Å². The van der Waals surface area contributed by atoms with Crippen molar-refractivity contribution < 1.29 is 37.6 Å². The van der Waals surface area contributed by atoms with Crippen molar-refractivity contribution in [1.29, 1.82) is 0 Å². The second kappa shape index (κ2) is 22.5. The monoisotopic (exact) mass is 509 g/mol. The van der Waals surface area contributed by atoms with E-state index in [2.05, 4.69) is 18.4 Å². The molecule has 0 saturated heterocycles. The first-order chi connectivity index (χ1) is 16.3. The van der Waals surface area contributed by atoms with Crippen LogP contribution in [0.5, 0.6) is 0 Å². The molecule has 202 valence electrons. The molecular formula is C24H48NO8P. The molecule has 0 aromatic heterocycles. The van der Waals surface area contributed by atoms with Crippen LogP contribution in [0.15, 0.2) is 0 Å². The molecule has 0 aromatic rings. The van der Waals surface area contributed by atoms with Crippen LogP contribution >= 0.6 is 7.82 Å². The molecule has 0 bridgehead atoms. The van der Waals surface area contributed by atoms with Crippen molar-refractivity contribution in [2.75, 3.05) is 26.4 Å². The number of ether oxygens (including phenoxy) is 2. The maximum Gasteiger partial charge on any atom is 0.472 e. The summed E-state index contributed by atoms with van der Waals surface area (Å²) in [6.45, 7) is 3.56. The smallest absolute Gasteiger partial charge is 0.462 e. The van der Waals surface area contributed by atoms with Gasteiger partial charge in [0.05, 0.1) is 13.2 Å². The molecule has 0 aromatic carbocycles. The first-order valence-corrected chi connectivity index (χ1v) is 14.5. The molecule has 9 nitrogen and oxygen atoms in total. The highest BCUT2D eigenvalue weighted by molar-refractivity contribution is 7.47. The lowest BCUT2D eigenvalue weighted by Crippen LogP contribution is -2.29. The summed E-state index contributed by atoms with van der Waals surface area (Å²) >= 11 is 0. The molecule has 10 heteroatoms. The average Bonchev–Trinajstić information content (AvgIpc) is 2.81. The van der Waals surface area contributed by atoms with Gasteiger partial charge in [0, 0.05) is 19.4 Å². The summed E-state index contributed by atoms with van der Waals surface area (Å²) in [7, 11) is -4.34. The summed E-state index contributed by atoms with van der Waals surface area (Å²) in [5.74, 6) is -0.847. The molecule has 0 amide bonds. The third-order valence-corrected chi connectivity index (χ3v) is 6.23. The van der Waals surface area contributed by atoms with Gasteiger partial charge in [-0.3, -0.25) is 18.6 Å². The van der Waals surface area contributed by atoms with Crippen LogP contribution in [-0.4, -0.2) is 49.3 Å². The van der Waals surface area contributed by atoms with Crippen LogP contribution in [0.2, 0.25) is 0 Å². The Bertz CT molecular complexity index is 561. The Morgan fingerprint density at radius 2 is 1.26 bits per heavy atom. The molecule has 0 radical (unpaired) electrons. The summed E-state index contributed by atoms with van der Waals surface area (Å²) in [5.41, 5.74) is 5.26. The van der Waals surface area contributed by atoms with Crippen molar-refractivity contribution in [2.24, 2.45) is 5.73 Å². The lowest BCUT2D eigenvalue weighted by Gasteiger charge is -2.19. The topological polar surface area (TPSA) is 134 Å². The quantitative estimate of drug-likeness (QED) is 0.0992. The van der Waals surface area contributed by atoms with Crippen LogP contribution < -0.4 is 5.73 Å². The first-order valence-electron chi connectivity index (χ1n) is 13.0. The fourth-order valence-electron chi connectivity index (χ4n) is 3.28. The molecular weight excluding hydrogens is 461 g/mol. The van der Waals surface area contributed by atoms with Gasteiger partial charge in [-0.05, 0) is 12.8 Å². The molecule has 3 N–H and O–H groups in total. The number of carbonyl (C=O) groups is 2. The van der Waals surface area contributed by atoms with E-state index in [1.807, 2.05) is 0 Å². The maximum absolute atomic E-state index is 12.2. The fraction of sp³-hybridized carbons (Fsp3) is 0.917. The van der Waals surface area contributed by atoms with Crippen molar-refractivity contribution in [3.8, 4) is 0 Å². The Morgan fingerprint density at radius 3 is 1.79 bits per heavy atom. The number of rotatable bonds is 24. The van der Waals surface area contributed by atoms with Crippen molar-refractivity contribution >= 4 is 19.8 Å². The van der Waals surface area contributed by atoms with E-state index in [-0.39, 0.29) is 32.6 Å². The Hall–Kier alpha value is -0.990. The van der Waals surface area contributed by atoms with E-state index in [1.54, 1.807) is 0 Å². The number of unbranched alkanes of at least 4 members (excludes halogenated alkanes) is 11. The van der Waals surface area contributed by atoms with Crippen LogP contribution in [0.4, 0.5) is 0 Å². The van der Waals surface area contributed by atoms with Crippen molar-refractivity contribution in [3.05, 3.63) is 0 Å². The number of phosphoric ester groups is 1. The van der Waals surface area contributed by atoms with E-state index in [1.165, 1.54) is 32.1 Å².